The average Bonchev–Trinajstić information content (AvgIpc) is 3.09. The largest absolute Gasteiger partial charge is 0.504 e. The third kappa shape index (κ3) is 7.84. The molecule has 182 valence electrons. The van der Waals surface area contributed by atoms with Crippen molar-refractivity contribution >= 4 is 11.9 Å². The van der Waals surface area contributed by atoms with Crippen LogP contribution in [0.1, 0.15) is 82.6 Å². The van der Waals surface area contributed by atoms with E-state index in [2.05, 4.69) is 13.0 Å². The Labute approximate surface area is 196 Å². The molecule has 1 aromatic rings. The van der Waals surface area contributed by atoms with Crippen molar-refractivity contribution in [2.45, 2.75) is 78.9 Å². The molecule has 1 aromatic carbocycles. The minimum Gasteiger partial charge on any atom is -0.504 e. The van der Waals surface area contributed by atoms with E-state index in [0.717, 1.165) is 32.1 Å². The highest BCUT2D eigenvalue weighted by atomic mass is 16.6. The summed E-state index contributed by atoms with van der Waals surface area (Å²) in [5.74, 6) is -0.320. The highest BCUT2D eigenvalue weighted by molar-refractivity contribution is 5.95. The van der Waals surface area contributed by atoms with E-state index in [0.29, 0.717) is 16.9 Å². The topological polar surface area (TPSA) is 91.3 Å². The van der Waals surface area contributed by atoms with E-state index < -0.39 is 11.6 Å². The monoisotopic (exact) mass is 460 g/mol. The zero-order valence-electron chi connectivity index (χ0n) is 20.6. The average molecular weight is 461 g/mol. The van der Waals surface area contributed by atoms with Gasteiger partial charge in [-0.3, -0.25) is 4.79 Å². The summed E-state index contributed by atoms with van der Waals surface area (Å²) in [6.07, 6.45) is 8.80. The molecule has 7 heteroatoms. The molecule has 0 aromatic heterocycles. The molecule has 0 bridgehead atoms. The van der Waals surface area contributed by atoms with Crippen LogP contribution in [0.15, 0.2) is 29.4 Å². The molecule has 0 radical (unpaired) electrons. The standard InChI is InChI=1S/C26H36O7/c1-17(11-8-13-26(4,5)33-19(3)27)9-7-10-18(2)12-14-31-24-22(30-6)15-20-21(23(24)28)16-32-25(20)29/h9,12,15,28H,7-8,10-11,13-14,16H2,1-6H3. The van der Waals surface area contributed by atoms with Gasteiger partial charge in [0.05, 0.1) is 12.7 Å². The SMILES string of the molecule is COc1cc2c(c(O)c1OCC=C(C)CCC=C(C)CCCC(C)(C)OC(C)=O)COC2=O. The van der Waals surface area contributed by atoms with Gasteiger partial charge in [0.1, 0.15) is 18.8 Å². The maximum Gasteiger partial charge on any atom is 0.339 e. The predicted octanol–water partition coefficient (Wildman–Crippen LogP) is 5.63. The molecule has 2 rings (SSSR count). The van der Waals surface area contributed by atoms with Crippen LogP contribution in [0.25, 0.3) is 0 Å². The van der Waals surface area contributed by atoms with Crippen LogP contribution in [0.4, 0.5) is 0 Å². The number of rotatable bonds is 12. The number of carbonyl (C=O) groups is 2. The van der Waals surface area contributed by atoms with Gasteiger partial charge in [-0.25, -0.2) is 4.79 Å². The van der Waals surface area contributed by atoms with Gasteiger partial charge in [-0.1, -0.05) is 17.2 Å². The number of aromatic hydroxyl groups is 1. The first kappa shape index (κ1) is 26.3. The lowest BCUT2D eigenvalue weighted by molar-refractivity contribution is -0.154. The van der Waals surface area contributed by atoms with Crippen LogP contribution in [-0.4, -0.2) is 36.4 Å². The number of hydrogen-bond donors (Lipinski definition) is 1. The molecule has 1 heterocycles. The van der Waals surface area contributed by atoms with Crippen LogP contribution < -0.4 is 9.47 Å². The molecule has 1 N–H and O–H groups in total. The number of phenols is 1. The molecule has 0 amide bonds. The molecule has 0 atom stereocenters. The number of fused-ring (bicyclic) bond motifs is 1. The second-order valence-corrected chi connectivity index (χ2v) is 9.02. The van der Waals surface area contributed by atoms with Crippen LogP contribution >= 0.6 is 0 Å². The van der Waals surface area contributed by atoms with Crippen LogP contribution in [0.5, 0.6) is 17.2 Å². The summed E-state index contributed by atoms with van der Waals surface area (Å²) in [5, 5.41) is 10.5. The summed E-state index contributed by atoms with van der Waals surface area (Å²) in [7, 11) is 1.46. The van der Waals surface area contributed by atoms with E-state index >= 15 is 0 Å². The number of benzene rings is 1. The third-order valence-corrected chi connectivity index (χ3v) is 5.57. The summed E-state index contributed by atoms with van der Waals surface area (Å²) >= 11 is 0. The lowest BCUT2D eigenvalue weighted by Gasteiger charge is -2.24. The molecule has 0 unspecified atom stereocenters. The maximum absolute atomic E-state index is 11.7. The van der Waals surface area contributed by atoms with Crippen LogP contribution in [0.3, 0.4) is 0 Å². The number of esters is 2. The Bertz CT molecular complexity index is 925. The van der Waals surface area contributed by atoms with E-state index in [1.54, 1.807) is 0 Å². The molecule has 0 saturated heterocycles. The van der Waals surface area contributed by atoms with Gasteiger partial charge in [-0.2, -0.15) is 0 Å². The summed E-state index contributed by atoms with van der Waals surface area (Å²) < 4.78 is 21.3. The first-order valence-corrected chi connectivity index (χ1v) is 11.3. The van der Waals surface area contributed by atoms with Crippen molar-refractivity contribution in [1.82, 2.24) is 0 Å². The molecule has 0 aliphatic carbocycles. The van der Waals surface area contributed by atoms with E-state index in [4.69, 9.17) is 18.9 Å². The van der Waals surface area contributed by atoms with E-state index in [-0.39, 0.29) is 30.7 Å². The van der Waals surface area contributed by atoms with Crippen molar-refractivity contribution < 1.29 is 33.6 Å². The van der Waals surface area contributed by atoms with Crippen molar-refractivity contribution in [1.29, 1.82) is 0 Å². The minimum atomic E-state index is -0.475. The van der Waals surface area contributed by atoms with Crippen LogP contribution in [0.2, 0.25) is 0 Å². The lowest BCUT2D eigenvalue weighted by Crippen LogP contribution is -2.26. The molecule has 33 heavy (non-hydrogen) atoms. The van der Waals surface area contributed by atoms with Crippen molar-refractivity contribution in [3.63, 3.8) is 0 Å². The van der Waals surface area contributed by atoms with Crippen molar-refractivity contribution in [3.05, 3.63) is 40.5 Å². The summed E-state index contributed by atoms with van der Waals surface area (Å²) in [4.78, 5) is 22.9. The Hall–Kier alpha value is -2.96. The Morgan fingerprint density at radius 2 is 1.88 bits per heavy atom. The maximum atomic E-state index is 11.7. The zero-order valence-corrected chi connectivity index (χ0v) is 20.6. The number of allylic oxidation sites excluding steroid dienone is 3. The number of carbonyl (C=O) groups excluding carboxylic acids is 2. The molecule has 0 saturated carbocycles. The van der Waals surface area contributed by atoms with Crippen molar-refractivity contribution in [2.75, 3.05) is 13.7 Å². The quantitative estimate of drug-likeness (QED) is 0.319. The van der Waals surface area contributed by atoms with Gasteiger partial charge >= 0.3 is 11.9 Å². The molecular weight excluding hydrogens is 424 g/mol. The lowest BCUT2D eigenvalue weighted by atomic mass is 9.98. The fourth-order valence-electron chi connectivity index (χ4n) is 3.75. The second-order valence-electron chi connectivity index (χ2n) is 9.02. The van der Waals surface area contributed by atoms with Gasteiger partial charge in [0.15, 0.2) is 11.5 Å². The molecular formula is C26H36O7. The summed E-state index contributed by atoms with van der Waals surface area (Å²) in [5.41, 5.74) is 2.80. The van der Waals surface area contributed by atoms with E-state index in [1.807, 2.05) is 26.8 Å². The molecule has 0 spiro atoms. The van der Waals surface area contributed by atoms with Crippen LogP contribution in [0, 0.1) is 0 Å². The van der Waals surface area contributed by atoms with Gasteiger partial charge in [0.2, 0.25) is 5.75 Å². The highest BCUT2D eigenvalue weighted by Crippen LogP contribution is 2.44. The Kier molecular flexibility index (Phi) is 9.38. The zero-order chi connectivity index (χ0) is 24.6. The first-order chi connectivity index (χ1) is 15.5. The number of methoxy groups -OCH3 is 1. The number of ether oxygens (including phenoxy) is 4. The summed E-state index contributed by atoms with van der Waals surface area (Å²) in [6.45, 7) is 9.79. The number of cyclic esters (lactones) is 1. The molecule has 1 aliphatic heterocycles. The van der Waals surface area contributed by atoms with Crippen molar-refractivity contribution in [3.8, 4) is 17.2 Å². The van der Waals surface area contributed by atoms with Gasteiger partial charge in [-0.15, -0.1) is 0 Å². The number of phenolic OH excluding ortho intramolecular Hbond substituents is 1. The normalized spacial score (nSPS) is 14.1. The molecule has 1 aliphatic rings. The smallest absolute Gasteiger partial charge is 0.339 e. The summed E-state index contributed by atoms with van der Waals surface area (Å²) in [6, 6.07) is 1.54. The van der Waals surface area contributed by atoms with Gasteiger partial charge in [0.25, 0.3) is 0 Å². The second kappa shape index (κ2) is 11.8. The van der Waals surface area contributed by atoms with E-state index in [9.17, 15) is 14.7 Å². The Morgan fingerprint density at radius 3 is 2.55 bits per heavy atom. The fourth-order valence-corrected chi connectivity index (χ4v) is 3.75. The molecule has 7 nitrogen and oxygen atoms in total. The van der Waals surface area contributed by atoms with E-state index in [1.165, 1.54) is 31.2 Å². The first-order valence-electron chi connectivity index (χ1n) is 11.3. The van der Waals surface area contributed by atoms with Gasteiger partial charge in [0, 0.05) is 12.5 Å². The minimum absolute atomic E-state index is 0.0299. The Balaban J connectivity index is 1.81. The third-order valence-electron chi connectivity index (χ3n) is 5.57. The Morgan fingerprint density at radius 1 is 1.18 bits per heavy atom. The highest BCUT2D eigenvalue weighted by Gasteiger charge is 2.29. The predicted molar refractivity (Wildman–Crippen MR) is 126 cm³/mol. The number of hydrogen-bond acceptors (Lipinski definition) is 7. The van der Waals surface area contributed by atoms with Crippen LogP contribution in [-0.2, 0) is 20.9 Å². The van der Waals surface area contributed by atoms with Crippen molar-refractivity contribution in [2.24, 2.45) is 0 Å². The van der Waals surface area contributed by atoms with Gasteiger partial charge in [-0.05, 0) is 71.9 Å². The molecule has 0 fully saturated rings. The van der Waals surface area contributed by atoms with Gasteiger partial charge < -0.3 is 24.1 Å². The fraction of sp³-hybridized carbons (Fsp3) is 0.538.